The molecule has 0 aliphatic heterocycles. The largest absolute Gasteiger partial charge is 0.377 e. The molecule has 0 aromatic heterocycles. The molecule has 110 valence electrons. The second kappa shape index (κ2) is 6.88. The van der Waals surface area contributed by atoms with Gasteiger partial charge in [0.25, 0.3) is 0 Å². The van der Waals surface area contributed by atoms with Gasteiger partial charge in [-0.25, -0.2) is 0 Å². The normalized spacial score (nSPS) is 14.3. The fourth-order valence-electron chi connectivity index (χ4n) is 2.61. The van der Waals surface area contributed by atoms with Gasteiger partial charge in [0.1, 0.15) is 0 Å². The van der Waals surface area contributed by atoms with Crippen LogP contribution in [0.25, 0.3) is 11.1 Å². The van der Waals surface area contributed by atoms with E-state index in [2.05, 4.69) is 42.5 Å². The predicted molar refractivity (Wildman–Crippen MR) is 86.8 cm³/mol. The van der Waals surface area contributed by atoms with Gasteiger partial charge >= 0.3 is 0 Å². The molecule has 2 aromatic carbocycles. The fourth-order valence-corrected chi connectivity index (χ4v) is 2.61. The summed E-state index contributed by atoms with van der Waals surface area (Å²) in [7, 11) is 0. The number of hydrogen-bond acceptors (Lipinski definition) is 2. The summed E-state index contributed by atoms with van der Waals surface area (Å²) in [5.74, 6) is 0.945. The van der Waals surface area contributed by atoms with E-state index >= 15 is 0 Å². The third-order valence-electron chi connectivity index (χ3n) is 4.14. The van der Waals surface area contributed by atoms with Gasteiger partial charge in [0.2, 0.25) is 0 Å². The topological polar surface area (TPSA) is 35.2 Å². The Bertz CT molecular complexity index is 572. The maximum Gasteiger partial charge on any atom is 0.0716 e. The average Bonchev–Trinajstić information content (AvgIpc) is 3.36. The summed E-state index contributed by atoms with van der Waals surface area (Å²) < 4.78 is 5.74. The highest BCUT2D eigenvalue weighted by molar-refractivity contribution is 5.67. The van der Waals surface area contributed by atoms with Crippen LogP contribution in [0.4, 0.5) is 0 Å². The van der Waals surface area contributed by atoms with Crippen molar-refractivity contribution in [1.29, 1.82) is 0 Å². The van der Waals surface area contributed by atoms with Crippen LogP contribution < -0.4 is 5.73 Å². The van der Waals surface area contributed by atoms with Gasteiger partial charge in [-0.3, -0.25) is 0 Å². The molecule has 0 spiro atoms. The Labute approximate surface area is 126 Å². The Kier molecular flexibility index (Phi) is 4.69. The third kappa shape index (κ3) is 3.93. The molecule has 1 fully saturated rings. The molecule has 2 heteroatoms. The molecule has 1 aliphatic carbocycles. The molecule has 0 atom stereocenters. The average molecular weight is 281 g/mol. The molecule has 1 saturated carbocycles. The van der Waals surface area contributed by atoms with E-state index in [9.17, 15) is 0 Å². The minimum Gasteiger partial charge on any atom is -0.377 e. The van der Waals surface area contributed by atoms with Gasteiger partial charge in [0, 0.05) is 13.2 Å². The van der Waals surface area contributed by atoms with E-state index in [1.54, 1.807) is 0 Å². The summed E-state index contributed by atoms with van der Waals surface area (Å²) in [6, 6.07) is 16.9. The van der Waals surface area contributed by atoms with Crippen molar-refractivity contribution in [2.75, 3.05) is 6.61 Å². The van der Waals surface area contributed by atoms with Gasteiger partial charge in [-0.05, 0) is 34.6 Å². The molecular formula is C19H23NO. The Morgan fingerprint density at radius 2 is 1.76 bits per heavy atom. The van der Waals surface area contributed by atoms with Crippen molar-refractivity contribution in [2.24, 2.45) is 11.7 Å². The van der Waals surface area contributed by atoms with Crippen molar-refractivity contribution in [2.45, 2.75) is 32.4 Å². The van der Waals surface area contributed by atoms with Crippen molar-refractivity contribution < 1.29 is 4.74 Å². The van der Waals surface area contributed by atoms with E-state index in [1.807, 2.05) is 6.07 Å². The van der Waals surface area contributed by atoms with E-state index in [4.69, 9.17) is 10.5 Å². The van der Waals surface area contributed by atoms with E-state index in [-0.39, 0.29) is 0 Å². The monoisotopic (exact) mass is 281 g/mol. The number of nitrogens with two attached hydrogens (primary N) is 1. The van der Waals surface area contributed by atoms with Crippen molar-refractivity contribution >= 4 is 0 Å². The molecule has 0 bridgehead atoms. The van der Waals surface area contributed by atoms with Crippen molar-refractivity contribution in [1.82, 2.24) is 0 Å². The summed E-state index contributed by atoms with van der Waals surface area (Å²) in [5.41, 5.74) is 10.7. The van der Waals surface area contributed by atoms with E-state index in [0.717, 1.165) is 12.5 Å². The summed E-state index contributed by atoms with van der Waals surface area (Å²) in [6.07, 6.45) is 4.03. The molecule has 0 saturated heterocycles. The molecular weight excluding hydrogens is 258 g/mol. The van der Waals surface area contributed by atoms with Crippen LogP contribution in [-0.4, -0.2) is 6.61 Å². The SMILES string of the molecule is NCc1ccccc1-c1ccc(COCCC2CC2)cc1. The predicted octanol–water partition coefficient (Wildman–Crippen LogP) is 4.13. The highest BCUT2D eigenvalue weighted by atomic mass is 16.5. The molecule has 0 heterocycles. The zero-order chi connectivity index (χ0) is 14.5. The number of hydrogen-bond donors (Lipinski definition) is 1. The molecule has 2 nitrogen and oxygen atoms in total. The minimum absolute atomic E-state index is 0.572. The van der Waals surface area contributed by atoms with Crippen LogP contribution in [0.1, 0.15) is 30.4 Å². The third-order valence-corrected chi connectivity index (χ3v) is 4.14. The highest BCUT2D eigenvalue weighted by Gasteiger charge is 2.20. The minimum atomic E-state index is 0.572. The maximum absolute atomic E-state index is 5.81. The van der Waals surface area contributed by atoms with E-state index in [0.29, 0.717) is 13.2 Å². The van der Waals surface area contributed by atoms with Crippen LogP contribution in [-0.2, 0) is 17.9 Å². The lowest BCUT2D eigenvalue weighted by Gasteiger charge is -2.09. The molecule has 2 aromatic rings. The van der Waals surface area contributed by atoms with Crippen molar-refractivity contribution in [3.8, 4) is 11.1 Å². The summed E-state index contributed by atoms with van der Waals surface area (Å²) in [6.45, 7) is 2.18. The van der Waals surface area contributed by atoms with Gasteiger partial charge in [-0.15, -0.1) is 0 Å². The maximum atomic E-state index is 5.81. The van der Waals surface area contributed by atoms with Crippen molar-refractivity contribution in [3.63, 3.8) is 0 Å². The smallest absolute Gasteiger partial charge is 0.0716 e. The van der Waals surface area contributed by atoms with Crippen LogP contribution in [0, 0.1) is 5.92 Å². The van der Waals surface area contributed by atoms with Gasteiger partial charge in [0.15, 0.2) is 0 Å². The van der Waals surface area contributed by atoms with E-state index in [1.165, 1.54) is 41.5 Å². The van der Waals surface area contributed by atoms with Crippen molar-refractivity contribution in [3.05, 3.63) is 59.7 Å². The molecule has 3 rings (SSSR count). The lowest BCUT2D eigenvalue weighted by molar-refractivity contribution is 0.115. The molecule has 1 aliphatic rings. The molecule has 21 heavy (non-hydrogen) atoms. The van der Waals surface area contributed by atoms with Gasteiger partial charge < -0.3 is 10.5 Å². The fraction of sp³-hybridized carbons (Fsp3) is 0.368. The Morgan fingerprint density at radius 1 is 1.00 bits per heavy atom. The Morgan fingerprint density at radius 3 is 2.48 bits per heavy atom. The summed E-state index contributed by atoms with van der Waals surface area (Å²) in [5, 5.41) is 0. The van der Waals surface area contributed by atoms with Crippen LogP contribution in [0.3, 0.4) is 0 Å². The summed E-state index contributed by atoms with van der Waals surface area (Å²) >= 11 is 0. The number of benzene rings is 2. The first-order chi connectivity index (χ1) is 10.4. The van der Waals surface area contributed by atoms with Crippen LogP contribution >= 0.6 is 0 Å². The summed E-state index contributed by atoms with van der Waals surface area (Å²) in [4.78, 5) is 0. The zero-order valence-electron chi connectivity index (χ0n) is 12.4. The molecule has 0 unspecified atom stereocenters. The molecule has 2 N–H and O–H groups in total. The quantitative estimate of drug-likeness (QED) is 0.774. The van der Waals surface area contributed by atoms with E-state index < -0.39 is 0 Å². The second-order valence-electron chi connectivity index (χ2n) is 5.84. The Hall–Kier alpha value is -1.64. The Balaban J connectivity index is 1.60. The molecule has 0 radical (unpaired) electrons. The molecule has 0 amide bonds. The second-order valence-corrected chi connectivity index (χ2v) is 5.84. The lowest BCUT2D eigenvalue weighted by atomic mass is 9.99. The number of rotatable bonds is 7. The van der Waals surface area contributed by atoms with Crippen LogP contribution in [0.5, 0.6) is 0 Å². The highest BCUT2D eigenvalue weighted by Crippen LogP contribution is 2.32. The van der Waals surface area contributed by atoms with Crippen LogP contribution in [0.2, 0.25) is 0 Å². The van der Waals surface area contributed by atoms with Gasteiger partial charge in [-0.1, -0.05) is 61.4 Å². The first-order valence-electron chi connectivity index (χ1n) is 7.82. The number of ether oxygens (including phenoxy) is 1. The first kappa shape index (κ1) is 14.3. The van der Waals surface area contributed by atoms with Gasteiger partial charge in [-0.2, -0.15) is 0 Å². The first-order valence-corrected chi connectivity index (χ1v) is 7.82. The standard InChI is InChI=1S/C19H23NO/c20-13-18-3-1-2-4-19(18)17-9-7-16(8-10-17)14-21-12-11-15-5-6-15/h1-4,7-10,15H,5-6,11-14,20H2. The lowest BCUT2D eigenvalue weighted by Crippen LogP contribution is -1.99. The van der Waals surface area contributed by atoms with Gasteiger partial charge in [0.05, 0.1) is 6.61 Å². The zero-order valence-corrected chi connectivity index (χ0v) is 12.4. The van der Waals surface area contributed by atoms with Crippen LogP contribution in [0.15, 0.2) is 48.5 Å².